The number of benzene rings is 1. The molecular formula is C18H15BrN2O3. The number of halogens is 1. The van der Waals surface area contributed by atoms with E-state index >= 15 is 0 Å². The van der Waals surface area contributed by atoms with E-state index in [0.29, 0.717) is 23.7 Å². The second kappa shape index (κ2) is 8.75. The molecule has 1 N–H and O–H groups in total. The van der Waals surface area contributed by atoms with Gasteiger partial charge >= 0.3 is 0 Å². The van der Waals surface area contributed by atoms with Gasteiger partial charge in [-0.1, -0.05) is 28.6 Å². The molecular weight excluding hydrogens is 372 g/mol. The van der Waals surface area contributed by atoms with Gasteiger partial charge < -0.3 is 14.5 Å². The maximum absolute atomic E-state index is 12.2. The van der Waals surface area contributed by atoms with Crippen molar-refractivity contribution >= 4 is 27.9 Å². The maximum atomic E-state index is 12.2. The van der Waals surface area contributed by atoms with E-state index in [1.54, 1.807) is 30.3 Å². The van der Waals surface area contributed by atoms with Crippen LogP contribution in [0.1, 0.15) is 11.3 Å². The van der Waals surface area contributed by atoms with Crippen molar-refractivity contribution in [2.45, 2.75) is 6.54 Å². The number of nitriles is 1. The molecule has 0 saturated heterocycles. The number of nitrogens with one attached hydrogen (secondary N) is 1. The zero-order chi connectivity index (χ0) is 17.4. The quantitative estimate of drug-likeness (QED) is 0.445. The largest absolute Gasteiger partial charge is 0.489 e. The summed E-state index contributed by atoms with van der Waals surface area (Å²) in [5, 5.41) is 11.9. The van der Waals surface area contributed by atoms with Crippen molar-refractivity contribution in [3.05, 3.63) is 70.6 Å². The Morgan fingerprint density at radius 1 is 1.46 bits per heavy atom. The zero-order valence-electron chi connectivity index (χ0n) is 12.8. The van der Waals surface area contributed by atoms with Gasteiger partial charge in [-0.05, 0) is 36.4 Å². The summed E-state index contributed by atoms with van der Waals surface area (Å²) >= 11 is 3.37. The van der Waals surface area contributed by atoms with Crippen molar-refractivity contribution in [2.24, 2.45) is 0 Å². The van der Waals surface area contributed by atoms with Crippen molar-refractivity contribution < 1.29 is 13.9 Å². The maximum Gasteiger partial charge on any atom is 0.262 e. The standard InChI is InChI=1S/C18H15BrN2O3/c1-2-7-24-17-6-5-15(19)10-13(17)9-14(11-20)18(22)21-12-16-4-3-8-23-16/h2-6,8-10H,1,7,12H2,(H,21,22)/b14-9+. The van der Waals surface area contributed by atoms with Gasteiger partial charge in [0.05, 0.1) is 12.8 Å². The van der Waals surface area contributed by atoms with E-state index in [4.69, 9.17) is 9.15 Å². The molecule has 0 aliphatic carbocycles. The molecule has 0 bridgehead atoms. The minimum absolute atomic E-state index is 0.0249. The van der Waals surface area contributed by atoms with Gasteiger partial charge in [-0.25, -0.2) is 0 Å². The van der Waals surface area contributed by atoms with E-state index in [-0.39, 0.29) is 12.1 Å². The lowest BCUT2D eigenvalue weighted by Crippen LogP contribution is -2.23. The molecule has 1 aromatic carbocycles. The van der Waals surface area contributed by atoms with E-state index < -0.39 is 5.91 Å². The summed E-state index contributed by atoms with van der Waals surface area (Å²) in [5.74, 6) is 0.686. The van der Waals surface area contributed by atoms with Gasteiger partial charge in [0.15, 0.2) is 0 Å². The minimum Gasteiger partial charge on any atom is -0.489 e. The number of rotatable bonds is 7. The molecule has 2 aromatic rings. The third kappa shape index (κ3) is 4.86. The second-order valence-electron chi connectivity index (χ2n) is 4.71. The van der Waals surface area contributed by atoms with Gasteiger partial charge in [0.1, 0.15) is 29.8 Å². The fourth-order valence-corrected chi connectivity index (χ4v) is 2.27. The lowest BCUT2D eigenvalue weighted by atomic mass is 10.1. The van der Waals surface area contributed by atoms with Crippen molar-refractivity contribution in [3.8, 4) is 11.8 Å². The first-order chi connectivity index (χ1) is 11.6. The first-order valence-corrected chi connectivity index (χ1v) is 7.89. The normalized spacial score (nSPS) is 10.8. The summed E-state index contributed by atoms with van der Waals surface area (Å²) in [6.07, 6.45) is 4.63. The monoisotopic (exact) mass is 386 g/mol. The molecule has 0 spiro atoms. The Labute approximate surface area is 148 Å². The molecule has 0 radical (unpaired) electrons. The van der Waals surface area contributed by atoms with Gasteiger partial charge in [0, 0.05) is 10.0 Å². The first-order valence-electron chi connectivity index (χ1n) is 7.09. The minimum atomic E-state index is -0.483. The van der Waals surface area contributed by atoms with Crippen molar-refractivity contribution in [3.63, 3.8) is 0 Å². The van der Waals surface area contributed by atoms with Gasteiger partial charge in [-0.15, -0.1) is 0 Å². The third-order valence-electron chi connectivity index (χ3n) is 3.00. The van der Waals surface area contributed by atoms with E-state index in [1.807, 2.05) is 12.1 Å². The number of amides is 1. The lowest BCUT2D eigenvalue weighted by molar-refractivity contribution is -0.117. The Balaban J connectivity index is 2.19. The van der Waals surface area contributed by atoms with Crippen LogP contribution in [0.2, 0.25) is 0 Å². The average molecular weight is 387 g/mol. The van der Waals surface area contributed by atoms with E-state index in [1.165, 1.54) is 12.3 Å². The Hall–Kier alpha value is -2.78. The predicted molar refractivity (Wildman–Crippen MR) is 94.0 cm³/mol. The van der Waals surface area contributed by atoms with Gasteiger partial charge in [0.2, 0.25) is 0 Å². The molecule has 1 aromatic heterocycles. The molecule has 0 saturated carbocycles. The molecule has 0 atom stereocenters. The number of nitrogens with zero attached hydrogens (tertiary/aromatic N) is 1. The lowest BCUT2D eigenvalue weighted by Gasteiger charge is -2.08. The first kappa shape index (κ1) is 17.6. The fraction of sp³-hybridized carbons (Fsp3) is 0.111. The van der Waals surface area contributed by atoms with Crippen molar-refractivity contribution in [1.29, 1.82) is 5.26 Å². The van der Waals surface area contributed by atoms with Crippen LogP contribution >= 0.6 is 15.9 Å². The SMILES string of the molecule is C=CCOc1ccc(Br)cc1/C=C(\C#N)C(=O)NCc1ccco1. The number of hydrogen-bond acceptors (Lipinski definition) is 4. The average Bonchev–Trinajstić information content (AvgIpc) is 3.10. The summed E-state index contributed by atoms with van der Waals surface area (Å²) in [5.41, 5.74) is 0.596. The van der Waals surface area contributed by atoms with Gasteiger partial charge in [0.25, 0.3) is 5.91 Å². The Morgan fingerprint density at radius 2 is 2.29 bits per heavy atom. The molecule has 5 nitrogen and oxygen atoms in total. The van der Waals surface area contributed by atoms with E-state index in [0.717, 1.165) is 4.47 Å². The van der Waals surface area contributed by atoms with Crippen molar-refractivity contribution in [2.75, 3.05) is 6.61 Å². The van der Waals surface area contributed by atoms with Gasteiger partial charge in [-0.2, -0.15) is 5.26 Å². The zero-order valence-corrected chi connectivity index (χ0v) is 14.4. The number of furan rings is 1. The fourth-order valence-electron chi connectivity index (χ4n) is 1.89. The number of carbonyl (C=O) groups excluding carboxylic acids is 1. The highest BCUT2D eigenvalue weighted by Crippen LogP contribution is 2.25. The summed E-state index contributed by atoms with van der Waals surface area (Å²) in [7, 11) is 0. The number of carbonyl (C=O) groups is 1. The predicted octanol–water partition coefficient (Wildman–Crippen LogP) is 3.83. The second-order valence-corrected chi connectivity index (χ2v) is 5.63. The van der Waals surface area contributed by atoms with Gasteiger partial charge in [-0.3, -0.25) is 4.79 Å². The third-order valence-corrected chi connectivity index (χ3v) is 3.49. The van der Waals surface area contributed by atoms with Crippen LogP contribution in [0.25, 0.3) is 6.08 Å². The molecule has 0 unspecified atom stereocenters. The number of hydrogen-bond donors (Lipinski definition) is 1. The molecule has 0 fully saturated rings. The Bertz CT molecular complexity index is 789. The summed E-state index contributed by atoms with van der Waals surface area (Å²) in [6.45, 7) is 4.14. The van der Waals surface area contributed by atoms with Crippen LogP contribution < -0.4 is 10.1 Å². The molecule has 1 amide bonds. The van der Waals surface area contributed by atoms with Crippen LogP contribution in [0.15, 0.2) is 63.7 Å². The van der Waals surface area contributed by atoms with E-state index in [9.17, 15) is 10.1 Å². The van der Waals surface area contributed by atoms with Crippen LogP contribution in [-0.2, 0) is 11.3 Å². The highest BCUT2D eigenvalue weighted by Gasteiger charge is 2.11. The van der Waals surface area contributed by atoms with Crippen LogP contribution in [0, 0.1) is 11.3 Å². The highest BCUT2D eigenvalue weighted by atomic mass is 79.9. The van der Waals surface area contributed by atoms with Crippen LogP contribution in [0.3, 0.4) is 0 Å². The number of ether oxygens (including phenoxy) is 1. The molecule has 122 valence electrons. The summed E-state index contributed by atoms with van der Waals surface area (Å²) < 4.78 is 11.5. The smallest absolute Gasteiger partial charge is 0.262 e. The molecule has 2 rings (SSSR count). The highest BCUT2D eigenvalue weighted by molar-refractivity contribution is 9.10. The molecule has 24 heavy (non-hydrogen) atoms. The topological polar surface area (TPSA) is 75.3 Å². The molecule has 0 aliphatic rings. The van der Waals surface area contributed by atoms with Crippen LogP contribution in [-0.4, -0.2) is 12.5 Å². The van der Waals surface area contributed by atoms with Crippen LogP contribution in [0.4, 0.5) is 0 Å². The van der Waals surface area contributed by atoms with E-state index in [2.05, 4.69) is 27.8 Å². The molecule has 0 aliphatic heterocycles. The van der Waals surface area contributed by atoms with Crippen LogP contribution in [0.5, 0.6) is 5.75 Å². The summed E-state index contributed by atoms with van der Waals surface area (Å²) in [4.78, 5) is 12.2. The molecule has 1 heterocycles. The molecule has 6 heteroatoms. The van der Waals surface area contributed by atoms with Crippen molar-refractivity contribution in [1.82, 2.24) is 5.32 Å². The Kier molecular flexibility index (Phi) is 6.41. The Morgan fingerprint density at radius 3 is 2.96 bits per heavy atom. The summed E-state index contributed by atoms with van der Waals surface area (Å²) in [6, 6.07) is 10.7.